The van der Waals surface area contributed by atoms with Crippen LogP contribution in [0.2, 0.25) is 0 Å². The number of para-hydroxylation sites is 1. The Hall–Kier alpha value is -3.72. The van der Waals surface area contributed by atoms with E-state index in [1.165, 1.54) is 35.6 Å². The van der Waals surface area contributed by atoms with Crippen molar-refractivity contribution in [3.8, 4) is 0 Å². The van der Waals surface area contributed by atoms with Gasteiger partial charge in [0, 0.05) is 34.7 Å². The summed E-state index contributed by atoms with van der Waals surface area (Å²) in [4.78, 5) is 31.7. The number of carbonyl (C=O) groups excluding carboxylic acids is 2. The third kappa shape index (κ3) is 5.46. The molecule has 0 aliphatic heterocycles. The van der Waals surface area contributed by atoms with E-state index in [-0.39, 0.29) is 18.1 Å². The minimum atomic E-state index is -0.490. The second kappa shape index (κ2) is 9.40. The lowest BCUT2D eigenvalue weighted by Gasteiger charge is -2.05. The SMILES string of the molecule is O=C(Cc1csc(NC(=O)Nc2ccc(F)cc2)n1)NCCc1c[nH]c2ccccc12. The third-order valence-corrected chi connectivity index (χ3v) is 5.41. The van der Waals surface area contributed by atoms with Crippen LogP contribution in [0.25, 0.3) is 10.9 Å². The lowest BCUT2D eigenvalue weighted by molar-refractivity contribution is -0.120. The lowest BCUT2D eigenvalue weighted by Crippen LogP contribution is -2.27. The molecular formula is C22H20FN5O2S. The Bertz CT molecular complexity index is 1200. The van der Waals surface area contributed by atoms with Gasteiger partial charge in [-0.25, -0.2) is 14.2 Å². The topological polar surface area (TPSA) is 98.9 Å². The molecule has 0 aliphatic carbocycles. The Morgan fingerprint density at radius 1 is 1.06 bits per heavy atom. The standard InChI is InChI=1S/C22H20FN5O2S/c23-15-5-7-16(8-6-15)26-21(30)28-22-27-17(13-31-22)11-20(29)24-10-9-14-12-25-19-4-2-1-3-18(14)19/h1-8,12-13,25H,9-11H2,(H,24,29)(H2,26,27,28,30). The molecule has 0 saturated heterocycles. The van der Waals surface area contributed by atoms with Gasteiger partial charge in [0.15, 0.2) is 5.13 Å². The van der Waals surface area contributed by atoms with Crippen LogP contribution in [0.4, 0.5) is 20.0 Å². The van der Waals surface area contributed by atoms with Gasteiger partial charge < -0.3 is 15.6 Å². The minimum absolute atomic E-state index is 0.131. The first-order valence-electron chi connectivity index (χ1n) is 9.66. The number of fused-ring (bicyclic) bond motifs is 1. The molecule has 2 aromatic carbocycles. The molecule has 0 aliphatic rings. The highest BCUT2D eigenvalue weighted by molar-refractivity contribution is 7.14. The fraction of sp³-hybridized carbons (Fsp3) is 0.136. The zero-order valence-electron chi connectivity index (χ0n) is 16.4. The van der Waals surface area contributed by atoms with Crippen LogP contribution < -0.4 is 16.0 Å². The molecule has 31 heavy (non-hydrogen) atoms. The third-order valence-electron chi connectivity index (χ3n) is 4.61. The van der Waals surface area contributed by atoms with Crippen LogP contribution in [0.1, 0.15) is 11.3 Å². The van der Waals surface area contributed by atoms with Crippen molar-refractivity contribution in [2.24, 2.45) is 0 Å². The zero-order chi connectivity index (χ0) is 21.6. The van der Waals surface area contributed by atoms with E-state index < -0.39 is 6.03 Å². The summed E-state index contributed by atoms with van der Waals surface area (Å²) >= 11 is 1.23. The van der Waals surface area contributed by atoms with Gasteiger partial charge in [0.2, 0.25) is 5.91 Å². The van der Waals surface area contributed by atoms with E-state index in [0.29, 0.717) is 23.1 Å². The highest BCUT2D eigenvalue weighted by Gasteiger charge is 2.11. The summed E-state index contributed by atoms with van der Waals surface area (Å²) in [5.41, 5.74) is 3.27. The van der Waals surface area contributed by atoms with Crippen molar-refractivity contribution in [3.63, 3.8) is 0 Å². The van der Waals surface area contributed by atoms with Gasteiger partial charge in [0.1, 0.15) is 5.82 Å². The number of aromatic amines is 1. The largest absolute Gasteiger partial charge is 0.361 e. The number of urea groups is 1. The predicted octanol–water partition coefficient (Wildman–Crippen LogP) is 4.31. The Balaban J connectivity index is 1.23. The Kier molecular flexibility index (Phi) is 6.23. The molecule has 0 radical (unpaired) electrons. The van der Waals surface area contributed by atoms with Crippen molar-refractivity contribution in [2.45, 2.75) is 12.8 Å². The average molecular weight is 438 g/mol. The number of rotatable bonds is 7. The number of nitrogens with one attached hydrogen (secondary N) is 4. The maximum atomic E-state index is 12.9. The molecule has 0 fully saturated rings. The normalized spacial score (nSPS) is 10.7. The fourth-order valence-electron chi connectivity index (χ4n) is 3.14. The molecule has 0 bridgehead atoms. The lowest BCUT2D eigenvalue weighted by atomic mass is 10.1. The van der Waals surface area contributed by atoms with Gasteiger partial charge in [-0.2, -0.15) is 0 Å². The smallest absolute Gasteiger partial charge is 0.325 e. The second-order valence-electron chi connectivity index (χ2n) is 6.87. The molecule has 2 heterocycles. The number of carbonyl (C=O) groups is 2. The number of H-pyrrole nitrogens is 1. The quantitative estimate of drug-likeness (QED) is 0.347. The fourth-order valence-corrected chi connectivity index (χ4v) is 3.85. The number of benzene rings is 2. The van der Waals surface area contributed by atoms with Crippen LogP contribution in [0.15, 0.2) is 60.1 Å². The monoisotopic (exact) mass is 437 g/mol. The number of hydrogen-bond acceptors (Lipinski definition) is 4. The zero-order valence-corrected chi connectivity index (χ0v) is 17.3. The van der Waals surface area contributed by atoms with Crippen molar-refractivity contribution in [1.29, 1.82) is 0 Å². The number of nitrogens with zero attached hydrogens (tertiary/aromatic N) is 1. The Labute approximate surface area is 181 Å². The van der Waals surface area contributed by atoms with Crippen molar-refractivity contribution in [2.75, 3.05) is 17.2 Å². The van der Waals surface area contributed by atoms with Crippen LogP contribution in [-0.4, -0.2) is 28.5 Å². The molecule has 3 amide bonds. The van der Waals surface area contributed by atoms with E-state index in [9.17, 15) is 14.0 Å². The highest BCUT2D eigenvalue weighted by atomic mass is 32.1. The molecule has 4 N–H and O–H groups in total. The molecule has 2 aromatic heterocycles. The summed E-state index contributed by atoms with van der Waals surface area (Å²) in [7, 11) is 0. The van der Waals surface area contributed by atoms with Gasteiger partial charge in [0.05, 0.1) is 12.1 Å². The van der Waals surface area contributed by atoms with Gasteiger partial charge in [-0.1, -0.05) is 18.2 Å². The Morgan fingerprint density at radius 2 is 1.87 bits per heavy atom. The van der Waals surface area contributed by atoms with Gasteiger partial charge in [0.25, 0.3) is 0 Å². The maximum Gasteiger partial charge on any atom is 0.325 e. The van der Waals surface area contributed by atoms with E-state index in [0.717, 1.165) is 22.9 Å². The van der Waals surface area contributed by atoms with E-state index in [1.54, 1.807) is 5.38 Å². The molecule has 0 unspecified atom stereocenters. The van der Waals surface area contributed by atoms with Crippen molar-refractivity contribution in [1.82, 2.24) is 15.3 Å². The average Bonchev–Trinajstić information content (AvgIpc) is 3.36. The molecule has 158 valence electrons. The van der Waals surface area contributed by atoms with Crippen LogP contribution in [0, 0.1) is 5.82 Å². The molecule has 0 spiro atoms. The van der Waals surface area contributed by atoms with Gasteiger partial charge in [-0.05, 0) is 42.3 Å². The predicted molar refractivity (Wildman–Crippen MR) is 120 cm³/mol. The molecule has 7 nitrogen and oxygen atoms in total. The van der Waals surface area contributed by atoms with Crippen LogP contribution in [0.5, 0.6) is 0 Å². The molecular weight excluding hydrogens is 417 g/mol. The van der Waals surface area contributed by atoms with Crippen molar-refractivity contribution in [3.05, 3.63) is 77.2 Å². The van der Waals surface area contributed by atoms with E-state index >= 15 is 0 Å². The Morgan fingerprint density at radius 3 is 2.71 bits per heavy atom. The first-order valence-corrected chi connectivity index (χ1v) is 10.5. The summed E-state index contributed by atoms with van der Waals surface area (Å²) in [6.07, 6.45) is 2.82. The van der Waals surface area contributed by atoms with Crippen molar-refractivity contribution < 1.29 is 14.0 Å². The van der Waals surface area contributed by atoms with Crippen LogP contribution >= 0.6 is 11.3 Å². The number of thiazole rings is 1. The number of aromatic nitrogens is 2. The number of halogens is 1. The molecule has 0 atom stereocenters. The summed E-state index contributed by atoms with van der Waals surface area (Å²) in [6, 6.07) is 13.0. The van der Waals surface area contributed by atoms with Gasteiger partial charge in [-0.15, -0.1) is 11.3 Å². The van der Waals surface area contributed by atoms with E-state index in [2.05, 4.69) is 32.0 Å². The first-order chi connectivity index (χ1) is 15.1. The van der Waals surface area contributed by atoms with Gasteiger partial charge >= 0.3 is 6.03 Å². The van der Waals surface area contributed by atoms with Gasteiger partial charge in [-0.3, -0.25) is 10.1 Å². The summed E-state index contributed by atoms with van der Waals surface area (Å²) in [5, 5.41) is 11.4. The summed E-state index contributed by atoms with van der Waals surface area (Å²) in [5.74, 6) is -0.511. The van der Waals surface area contributed by atoms with Crippen LogP contribution in [0.3, 0.4) is 0 Å². The van der Waals surface area contributed by atoms with Crippen LogP contribution in [-0.2, 0) is 17.6 Å². The number of anilines is 2. The van der Waals surface area contributed by atoms with E-state index in [1.807, 2.05) is 24.4 Å². The molecule has 0 saturated carbocycles. The summed E-state index contributed by atoms with van der Waals surface area (Å²) < 4.78 is 12.9. The maximum absolute atomic E-state index is 12.9. The number of amides is 3. The molecule has 4 rings (SSSR count). The minimum Gasteiger partial charge on any atom is -0.361 e. The second-order valence-corrected chi connectivity index (χ2v) is 7.72. The first kappa shape index (κ1) is 20.5. The van der Waals surface area contributed by atoms with Crippen molar-refractivity contribution >= 4 is 45.0 Å². The highest BCUT2D eigenvalue weighted by Crippen LogP contribution is 2.18. The summed E-state index contributed by atoms with van der Waals surface area (Å²) in [6.45, 7) is 0.524. The molecule has 4 aromatic rings. The number of hydrogen-bond donors (Lipinski definition) is 4. The molecule has 9 heteroatoms. The van der Waals surface area contributed by atoms with E-state index in [4.69, 9.17) is 0 Å².